The van der Waals surface area contributed by atoms with Crippen molar-refractivity contribution in [3.8, 4) is 0 Å². The SMILES string of the molecule is COC(=O)c1cccc2ccnc(N3CCc4ccccc4C3)c12. The zero-order valence-corrected chi connectivity index (χ0v) is 13.5. The van der Waals surface area contributed by atoms with Gasteiger partial charge < -0.3 is 9.64 Å². The molecule has 0 bridgehead atoms. The maximum atomic E-state index is 12.2. The first-order valence-corrected chi connectivity index (χ1v) is 8.05. The summed E-state index contributed by atoms with van der Waals surface area (Å²) in [5.41, 5.74) is 3.28. The Bertz CT molecular complexity index is 915. The molecule has 24 heavy (non-hydrogen) atoms. The summed E-state index contributed by atoms with van der Waals surface area (Å²) in [5.74, 6) is 0.523. The molecule has 4 heteroatoms. The van der Waals surface area contributed by atoms with Crippen LogP contribution in [0.15, 0.2) is 54.7 Å². The third-order valence-electron chi connectivity index (χ3n) is 4.61. The number of rotatable bonds is 2. The average molecular weight is 318 g/mol. The second-order valence-corrected chi connectivity index (χ2v) is 5.97. The van der Waals surface area contributed by atoms with Crippen LogP contribution >= 0.6 is 0 Å². The van der Waals surface area contributed by atoms with E-state index in [9.17, 15) is 4.79 Å². The highest BCUT2D eigenvalue weighted by atomic mass is 16.5. The highest BCUT2D eigenvalue weighted by molar-refractivity contribution is 6.08. The van der Waals surface area contributed by atoms with E-state index >= 15 is 0 Å². The van der Waals surface area contributed by atoms with E-state index < -0.39 is 0 Å². The van der Waals surface area contributed by atoms with Gasteiger partial charge in [0, 0.05) is 24.7 Å². The Morgan fingerprint density at radius 1 is 1.08 bits per heavy atom. The van der Waals surface area contributed by atoms with Crippen LogP contribution in [0.3, 0.4) is 0 Å². The maximum Gasteiger partial charge on any atom is 0.338 e. The van der Waals surface area contributed by atoms with Gasteiger partial charge in [0.2, 0.25) is 0 Å². The van der Waals surface area contributed by atoms with Gasteiger partial charge in [0.05, 0.1) is 12.7 Å². The number of anilines is 1. The molecular formula is C20H18N2O2. The van der Waals surface area contributed by atoms with E-state index in [-0.39, 0.29) is 5.97 Å². The molecule has 0 N–H and O–H groups in total. The Labute approximate surface area is 140 Å². The van der Waals surface area contributed by atoms with E-state index in [1.54, 1.807) is 12.3 Å². The molecule has 0 fully saturated rings. The lowest BCUT2D eigenvalue weighted by Crippen LogP contribution is -2.31. The van der Waals surface area contributed by atoms with Crippen molar-refractivity contribution in [3.63, 3.8) is 0 Å². The third-order valence-corrected chi connectivity index (χ3v) is 4.61. The third kappa shape index (κ3) is 2.40. The second-order valence-electron chi connectivity index (χ2n) is 5.97. The first-order valence-electron chi connectivity index (χ1n) is 8.05. The fourth-order valence-electron chi connectivity index (χ4n) is 3.41. The van der Waals surface area contributed by atoms with Crippen molar-refractivity contribution >= 4 is 22.6 Å². The summed E-state index contributed by atoms with van der Waals surface area (Å²) in [7, 11) is 1.41. The number of hydrogen-bond acceptors (Lipinski definition) is 4. The molecule has 4 nitrogen and oxygen atoms in total. The number of aromatic nitrogens is 1. The fourth-order valence-corrected chi connectivity index (χ4v) is 3.41. The molecule has 2 aromatic carbocycles. The molecule has 3 aromatic rings. The van der Waals surface area contributed by atoms with Crippen molar-refractivity contribution < 1.29 is 9.53 Å². The first kappa shape index (κ1) is 14.7. The van der Waals surface area contributed by atoms with E-state index in [0.717, 1.165) is 36.1 Å². The number of benzene rings is 2. The second kappa shape index (κ2) is 5.96. The summed E-state index contributed by atoms with van der Waals surface area (Å²) in [5, 5.41) is 1.87. The molecule has 1 aliphatic rings. The summed E-state index contributed by atoms with van der Waals surface area (Å²) in [4.78, 5) is 19.0. The Morgan fingerprint density at radius 2 is 1.92 bits per heavy atom. The lowest BCUT2D eigenvalue weighted by molar-refractivity contribution is 0.0603. The number of ether oxygens (including phenoxy) is 1. The lowest BCUT2D eigenvalue weighted by atomic mass is 9.98. The summed E-state index contributed by atoms with van der Waals surface area (Å²) < 4.78 is 4.96. The van der Waals surface area contributed by atoms with Gasteiger partial charge >= 0.3 is 5.97 Å². The molecule has 120 valence electrons. The largest absolute Gasteiger partial charge is 0.465 e. The van der Waals surface area contributed by atoms with Gasteiger partial charge in [0.15, 0.2) is 0 Å². The van der Waals surface area contributed by atoms with Crippen LogP contribution in [0.1, 0.15) is 21.5 Å². The van der Waals surface area contributed by atoms with E-state index in [4.69, 9.17) is 4.74 Å². The zero-order chi connectivity index (χ0) is 16.5. The first-order chi connectivity index (χ1) is 11.8. The van der Waals surface area contributed by atoms with Crippen LogP contribution < -0.4 is 4.90 Å². The summed E-state index contributed by atoms with van der Waals surface area (Å²) >= 11 is 0. The van der Waals surface area contributed by atoms with Gasteiger partial charge in [-0.25, -0.2) is 9.78 Å². The topological polar surface area (TPSA) is 42.4 Å². The van der Waals surface area contributed by atoms with Crippen molar-refractivity contribution in [2.45, 2.75) is 13.0 Å². The number of nitrogens with zero attached hydrogens (tertiary/aromatic N) is 2. The zero-order valence-electron chi connectivity index (χ0n) is 13.5. The molecule has 0 radical (unpaired) electrons. The summed E-state index contributed by atoms with van der Waals surface area (Å²) in [6, 6.07) is 16.1. The molecule has 2 heterocycles. The standard InChI is InChI=1S/C20H18N2O2/c1-24-20(23)17-8-4-7-15-9-11-21-19(18(15)17)22-12-10-14-5-2-3-6-16(14)13-22/h2-9,11H,10,12-13H2,1H3. The van der Waals surface area contributed by atoms with Crippen LogP contribution in [0.25, 0.3) is 10.8 Å². The van der Waals surface area contributed by atoms with Crippen LogP contribution in [0.5, 0.6) is 0 Å². The molecule has 0 saturated carbocycles. The number of carbonyl (C=O) groups is 1. The molecule has 0 unspecified atom stereocenters. The smallest absolute Gasteiger partial charge is 0.338 e. The number of methoxy groups -OCH3 is 1. The highest BCUT2D eigenvalue weighted by Gasteiger charge is 2.21. The molecule has 1 aliphatic heterocycles. The van der Waals surface area contributed by atoms with Crippen molar-refractivity contribution in [1.29, 1.82) is 0 Å². The fraction of sp³-hybridized carbons (Fsp3) is 0.200. The summed E-state index contributed by atoms with van der Waals surface area (Å²) in [6.07, 6.45) is 2.79. The van der Waals surface area contributed by atoms with E-state index in [2.05, 4.69) is 34.1 Å². The number of carbonyl (C=O) groups excluding carboxylic acids is 1. The molecule has 0 spiro atoms. The molecule has 0 aliphatic carbocycles. The minimum absolute atomic E-state index is 0.327. The van der Waals surface area contributed by atoms with Crippen molar-refractivity contribution in [3.05, 3.63) is 71.4 Å². The van der Waals surface area contributed by atoms with Gasteiger partial charge in [-0.3, -0.25) is 0 Å². The van der Waals surface area contributed by atoms with Crippen LogP contribution in [0.2, 0.25) is 0 Å². The number of pyridine rings is 1. The van der Waals surface area contributed by atoms with Crippen LogP contribution in [0.4, 0.5) is 5.82 Å². The number of esters is 1. The quantitative estimate of drug-likeness (QED) is 0.677. The van der Waals surface area contributed by atoms with Gasteiger partial charge in [0.25, 0.3) is 0 Å². The maximum absolute atomic E-state index is 12.2. The predicted molar refractivity (Wildman–Crippen MR) is 94.3 cm³/mol. The molecule has 0 atom stereocenters. The van der Waals surface area contributed by atoms with Gasteiger partial charge in [0.1, 0.15) is 5.82 Å². The minimum Gasteiger partial charge on any atom is -0.465 e. The molecule has 4 rings (SSSR count). The van der Waals surface area contributed by atoms with Gasteiger partial charge in [-0.1, -0.05) is 36.4 Å². The Morgan fingerprint density at radius 3 is 2.75 bits per heavy atom. The van der Waals surface area contributed by atoms with Crippen molar-refractivity contribution in [2.24, 2.45) is 0 Å². The van der Waals surface area contributed by atoms with Crippen LogP contribution in [-0.4, -0.2) is 24.6 Å². The van der Waals surface area contributed by atoms with Gasteiger partial charge in [-0.2, -0.15) is 0 Å². The monoisotopic (exact) mass is 318 g/mol. The average Bonchev–Trinajstić information content (AvgIpc) is 2.66. The summed E-state index contributed by atoms with van der Waals surface area (Å²) in [6.45, 7) is 1.69. The van der Waals surface area contributed by atoms with Crippen molar-refractivity contribution in [2.75, 3.05) is 18.6 Å². The van der Waals surface area contributed by atoms with Crippen molar-refractivity contribution in [1.82, 2.24) is 4.98 Å². The van der Waals surface area contributed by atoms with E-state index in [0.29, 0.717) is 5.56 Å². The minimum atomic E-state index is -0.327. The number of hydrogen-bond donors (Lipinski definition) is 0. The van der Waals surface area contributed by atoms with Crippen LogP contribution in [-0.2, 0) is 17.7 Å². The Kier molecular flexibility index (Phi) is 3.65. The normalized spacial score (nSPS) is 13.6. The predicted octanol–water partition coefficient (Wildman–Crippen LogP) is 3.58. The van der Waals surface area contributed by atoms with E-state index in [1.807, 2.05) is 18.2 Å². The highest BCUT2D eigenvalue weighted by Crippen LogP contribution is 2.31. The molecule has 0 amide bonds. The van der Waals surface area contributed by atoms with Gasteiger partial charge in [-0.05, 0) is 35.1 Å². The molecular weight excluding hydrogens is 300 g/mol. The molecule has 1 aromatic heterocycles. The van der Waals surface area contributed by atoms with Crippen LogP contribution in [0, 0.1) is 0 Å². The van der Waals surface area contributed by atoms with Gasteiger partial charge in [-0.15, -0.1) is 0 Å². The van der Waals surface area contributed by atoms with E-state index in [1.165, 1.54) is 18.2 Å². The lowest BCUT2D eigenvalue weighted by Gasteiger charge is -2.30. The Balaban J connectivity index is 1.84. The molecule has 0 saturated heterocycles. The number of fused-ring (bicyclic) bond motifs is 2. The Hall–Kier alpha value is -2.88.